The number of ether oxygens (including phenoxy) is 1. The molecule has 0 unspecified atom stereocenters. The first kappa shape index (κ1) is 24.5. The normalized spacial score (nSPS) is 11.8. The van der Waals surface area contributed by atoms with Crippen LogP contribution >= 0.6 is 0 Å². The fourth-order valence-corrected chi connectivity index (χ4v) is 4.42. The third kappa shape index (κ3) is 7.16. The van der Waals surface area contributed by atoms with E-state index in [2.05, 4.69) is 32.2 Å². The summed E-state index contributed by atoms with van der Waals surface area (Å²) in [5.74, 6) is 1.81. The summed E-state index contributed by atoms with van der Waals surface area (Å²) in [6.07, 6.45) is 2.66. The van der Waals surface area contributed by atoms with Crippen LogP contribution in [0.15, 0.2) is 59.6 Å². The maximum atomic E-state index is 12.7. The summed E-state index contributed by atoms with van der Waals surface area (Å²) in [7, 11) is -3.65. The number of sulfonamides is 1. The van der Waals surface area contributed by atoms with Gasteiger partial charge in [-0.25, -0.2) is 18.1 Å². The van der Waals surface area contributed by atoms with Crippen molar-refractivity contribution in [2.24, 2.45) is 0 Å². The average Bonchev–Trinajstić information content (AvgIpc) is 2.74. The minimum absolute atomic E-state index is 0.179. The maximum absolute atomic E-state index is 12.7. The number of aryl methyl sites for hydroxylation is 1. The highest BCUT2D eigenvalue weighted by Gasteiger charge is 2.22. The number of hydrogen-bond acceptors (Lipinski definition) is 7. The monoisotopic (exact) mass is 469 g/mol. The number of rotatable bonds is 9. The number of benzene rings is 2. The average molecular weight is 470 g/mol. The molecule has 3 N–H and O–H groups in total. The molecule has 0 radical (unpaired) electrons. The molecule has 9 heteroatoms. The molecule has 1 heterocycles. The lowest BCUT2D eigenvalue weighted by Gasteiger charge is -2.20. The number of hydrogen-bond donors (Lipinski definition) is 3. The number of nitrogens with zero attached hydrogens (tertiary/aromatic N) is 2. The molecule has 33 heavy (non-hydrogen) atoms. The van der Waals surface area contributed by atoms with E-state index in [1.165, 1.54) is 0 Å². The van der Waals surface area contributed by atoms with Crippen LogP contribution in [0.3, 0.4) is 0 Å². The Bertz CT molecular complexity index is 1190. The molecule has 8 nitrogen and oxygen atoms in total. The molecular weight excluding hydrogens is 438 g/mol. The van der Waals surface area contributed by atoms with E-state index in [1.807, 2.05) is 31.2 Å². The molecule has 0 saturated carbocycles. The molecule has 0 spiro atoms. The molecule has 176 valence electrons. The summed E-state index contributed by atoms with van der Waals surface area (Å²) in [5.41, 5.74) is 1.68. The topological polar surface area (TPSA) is 105 Å². The Kier molecular flexibility index (Phi) is 7.55. The zero-order valence-electron chi connectivity index (χ0n) is 19.6. The van der Waals surface area contributed by atoms with Crippen LogP contribution in [-0.2, 0) is 10.0 Å². The Morgan fingerprint density at radius 2 is 1.73 bits per heavy atom. The van der Waals surface area contributed by atoms with E-state index >= 15 is 0 Å². The molecule has 3 rings (SSSR count). The lowest BCUT2D eigenvalue weighted by molar-refractivity contribution is 0.317. The van der Waals surface area contributed by atoms with E-state index in [1.54, 1.807) is 51.2 Å². The van der Waals surface area contributed by atoms with Gasteiger partial charge in [-0.2, -0.15) is 4.98 Å². The van der Waals surface area contributed by atoms with Crippen molar-refractivity contribution >= 4 is 33.2 Å². The minimum atomic E-state index is -3.65. The van der Waals surface area contributed by atoms with E-state index in [0.29, 0.717) is 24.1 Å². The first-order valence-electron chi connectivity index (χ1n) is 10.8. The molecule has 0 aliphatic rings. The SMILES string of the molecule is CCCOc1ccc(Nc2ncc(C)c(Nc3cccc(S(=O)(=O)NC(C)(C)C)c3)n2)cc1. The van der Waals surface area contributed by atoms with Crippen LogP contribution in [-0.4, -0.2) is 30.5 Å². The van der Waals surface area contributed by atoms with Crippen molar-refractivity contribution in [3.63, 3.8) is 0 Å². The van der Waals surface area contributed by atoms with Gasteiger partial charge in [0.1, 0.15) is 11.6 Å². The molecule has 0 fully saturated rings. The Hall–Kier alpha value is -3.17. The first-order chi connectivity index (χ1) is 15.6. The Balaban J connectivity index is 1.77. The van der Waals surface area contributed by atoms with E-state index < -0.39 is 15.6 Å². The second kappa shape index (κ2) is 10.2. The summed E-state index contributed by atoms with van der Waals surface area (Å²) in [5, 5.41) is 6.38. The van der Waals surface area contributed by atoms with Gasteiger partial charge in [0.05, 0.1) is 11.5 Å². The van der Waals surface area contributed by atoms with Crippen LogP contribution < -0.4 is 20.1 Å². The molecule has 0 aliphatic heterocycles. The van der Waals surface area contributed by atoms with Crippen molar-refractivity contribution in [2.45, 2.75) is 51.5 Å². The van der Waals surface area contributed by atoms with Gasteiger partial charge in [0.15, 0.2) is 0 Å². The van der Waals surface area contributed by atoms with Gasteiger partial charge in [-0.15, -0.1) is 0 Å². The summed E-state index contributed by atoms with van der Waals surface area (Å²) >= 11 is 0. The molecule has 2 aromatic carbocycles. The largest absolute Gasteiger partial charge is 0.494 e. The van der Waals surface area contributed by atoms with Gasteiger partial charge >= 0.3 is 0 Å². The highest BCUT2D eigenvalue weighted by Crippen LogP contribution is 2.24. The standard InChI is InChI=1S/C24H31N5O3S/c1-6-14-32-20-12-10-18(11-13-20)27-23-25-16-17(2)22(28-23)26-19-8-7-9-21(15-19)33(30,31)29-24(3,4)5/h7-13,15-16,29H,6,14H2,1-5H3,(H2,25,26,27,28). The van der Waals surface area contributed by atoms with Gasteiger partial charge < -0.3 is 15.4 Å². The Morgan fingerprint density at radius 1 is 1.00 bits per heavy atom. The van der Waals surface area contributed by atoms with Crippen molar-refractivity contribution in [3.8, 4) is 5.75 Å². The number of nitrogens with one attached hydrogen (secondary N) is 3. The van der Waals surface area contributed by atoms with Gasteiger partial charge in [0.25, 0.3) is 0 Å². The summed E-state index contributed by atoms with van der Waals surface area (Å²) < 4.78 is 33.6. The predicted octanol–water partition coefficient (Wildman–Crippen LogP) is 5.14. The van der Waals surface area contributed by atoms with E-state index in [-0.39, 0.29) is 4.90 Å². The minimum Gasteiger partial charge on any atom is -0.494 e. The first-order valence-corrected chi connectivity index (χ1v) is 12.3. The molecule has 0 atom stereocenters. The summed E-state index contributed by atoms with van der Waals surface area (Å²) in [6.45, 7) is 10.0. The smallest absolute Gasteiger partial charge is 0.241 e. The zero-order valence-corrected chi connectivity index (χ0v) is 20.5. The van der Waals surface area contributed by atoms with Gasteiger partial charge in [-0.1, -0.05) is 13.0 Å². The van der Waals surface area contributed by atoms with Crippen LogP contribution in [0.25, 0.3) is 0 Å². The third-order valence-electron chi connectivity index (χ3n) is 4.40. The third-order valence-corrected chi connectivity index (χ3v) is 6.16. The van der Waals surface area contributed by atoms with Gasteiger partial charge in [0.2, 0.25) is 16.0 Å². The van der Waals surface area contributed by atoms with Crippen LogP contribution in [0.2, 0.25) is 0 Å². The molecular formula is C24H31N5O3S. The summed E-state index contributed by atoms with van der Waals surface area (Å²) in [6, 6.07) is 14.2. The molecule has 3 aromatic rings. The zero-order chi connectivity index (χ0) is 24.1. The predicted molar refractivity (Wildman–Crippen MR) is 132 cm³/mol. The van der Waals surface area contributed by atoms with Crippen LogP contribution in [0.1, 0.15) is 39.7 Å². The van der Waals surface area contributed by atoms with Crippen LogP contribution in [0, 0.1) is 6.92 Å². The highest BCUT2D eigenvalue weighted by atomic mass is 32.2. The quantitative estimate of drug-likeness (QED) is 0.398. The lowest BCUT2D eigenvalue weighted by atomic mass is 10.1. The van der Waals surface area contributed by atoms with E-state index in [4.69, 9.17) is 4.74 Å². The van der Waals surface area contributed by atoms with Crippen molar-refractivity contribution < 1.29 is 13.2 Å². The van der Waals surface area contributed by atoms with Crippen LogP contribution in [0.5, 0.6) is 5.75 Å². The number of aromatic nitrogens is 2. The van der Waals surface area contributed by atoms with Crippen molar-refractivity contribution in [1.29, 1.82) is 0 Å². The highest BCUT2D eigenvalue weighted by molar-refractivity contribution is 7.89. The maximum Gasteiger partial charge on any atom is 0.241 e. The van der Waals surface area contributed by atoms with Crippen molar-refractivity contribution in [2.75, 3.05) is 17.2 Å². The Morgan fingerprint density at radius 3 is 2.39 bits per heavy atom. The van der Waals surface area contributed by atoms with Crippen molar-refractivity contribution in [1.82, 2.24) is 14.7 Å². The van der Waals surface area contributed by atoms with E-state index in [0.717, 1.165) is 23.4 Å². The van der Waals surface area contributed by atoms with Gasteiger partial charge in [-0.3, -0.25) is 0 Å². The van der Waals surface area contributed by atoms with E-state index in [9.17, 15) is 8.42 Å². The van der Waals surface area contributed by atoms with Gasteiger partial charge in [-0.05, 0) is 76.6 Å². The van der Waals surface area contributed by atoms with Crippen molar-refractivity contribution in [3.05, 3.63) is 60.3 Å². The lowest BCUT2D eigenvalue weighted by Crippen LogP contribution is -2.40. The van der Waals surface area contributed by atoms with Gasteiger partial charge in [0, 0.05) is 28.7 Å². The second-order valence-corrected chi connectivity index (χ2v) is 10.4. The molecule has 0 aliphatic carbocycles. The molecule has 1 aromatic heterocycles. The Labute approximate surface area is 195 Å². The molecule has 0 amide bonds. The fraction of sp³-hybridized carbons (Fsp3) is 0.333. The molecule has 0 bridgehead atoms. The molecule has 0 saturated heterocycles. The van der Waals surface area contributed by atoms with Crippen LogP contribution in [0.4, 0.5) is 23.1 Å². The summed E-state index contributed by atoms with van der Waals surface area (Å²) in [4.78, 5) is 9.08. The fourth-order valence-electron chi connectivity index (χ4n) is 2.95. The number of anilines is 4. The second-order valence-electron chi connectivity index (χ2n) is 8.73.